The first-order valence-electron chi connectivity index (χ1n) is 7.98. The van der Waals surface area contributed by atoms with Crippen LogP contribution in [0.15, 0.2) is 30.3 Å². The number of rotatable bonds is 2. The van der Waals surface area contributed by atoms with E-state index in [9.17, 15) is 4.79 Å². The van der Waals surface area contributed by atoms with Crippen molar-refractivity contribution in [3.8, 4) is 0 Å². The summed E-state index contributed by atoms with van der Waals surface area (Å²) in [7, 11) is 2.04. The van der Waals surface area contributed by atoms with E-state index in [1.54, 1.807) is 0 Å². The van der Waals surface area contributed by atoms with Crippen molar-refractivity contribution < 1.29 is 9.53 Å². The monoisotopic (exact) mass is 300 g/mol. The summed E-state index contributed by atoms with van der Waals surface area (Å²) in [5.74, 6) is 0.131. The molecule has 4 nitrogen and oxygen atoms in total. The van der Waals surface area contributed by atoms with Crippen LogP contribution < -0.4 is 0 Å². The maximum Gasteiger partial charge on any atom is 0.253 e. The highest BCUT2D eigenvalue weighted by molar-refractivity contribution is 5.82. The van der Waals surface area contributed by atoms with Crippen LogP contribution in [-0.4, -0.2) is 61.6 Å². The van der Waals surface area contributed by atoms with Gasteiger partial charge in [-0.3, -0.25) is 4.79 Å². The highest BCUT2D eigenvalue weighted by Crippen LogP contribution is 2.23. The molecular weight excluding hydrogens is 276 g/mol. The normalized spacial score (nSPS) is 23.3. The quantitative estimate of drug-likeness (QED) is 0.837. The molecule has 0 spiro atoms. The second-order valence-electron chi connectivity index (χ2n) is 6.25. The van der Waals surface area contributed by atoms with Crippen molar-refractivity contribution in [1.82, 2.24) is 9.80 Å². The Hall–Kier alpha value is -1.65. The summed E-state index contributed by atoms with van der Waals surface area (Å²) >= 11 is 0. The van der Waals surface area contributed by atoms with Crippen LogP contribution in [0.1, 0.15) is 17.5 Å². The third-order valence-corrected chi connectivity index (χ3v) is 4.45. The minimum absolute atomic E-state index is 0.131. The van der Waals surface area contributed by atoms with Crippen molar-refractivity contribution in [2.75, 3.05) is 39.8 Å². The highest BCUT2D eigenvalue weighted by atomic mass is 16.5. The van der Waals surface area contributed by atoms with Crippen molar-refractivity contribution >= 4 is 11.5 Å². The molecule has 0 radical (unpaired) electrons. The lowest BCUT2D eigenvalue weighted by Crippen LogP contribution is -2.50. The number of likely N-dealkylation sites (N-methyl/N-ethyl adjacent to an activating group) is 1. The van der Waals surface area contributed by atoms with Crippen LogP contribution in [0.5, 0.6) is 0 Å². The summed E-state index contributed by atoms with van der Waals surface area (Å²) in [6.07, 6.45) is 2.80. The van der Waals surface area contributed by atoms with Gasteiger partial charge in [0.1, 0.15) is 6.10 Å². The number of hydrogen-bond acceptors (Lipinski definition) is 3. The zero-order chi connectivity index (χ0) is 15.5. The smallest absolute Gasteiger partial charge is 0.253 e. The molecule has 118 valence electrons. The van der Waals surface area contributed by atoms with Gasteiger partial charge in [0.25, 0.3) is 5.91 Å². The van der Waals surface area contributed by atoms with E-state index in [1.165, 1.54) is 16.7 Å². The Morgan fingerprint density at radius 3 is 2.86 bits per heavy atom. The van der Waals surface area contributed by atoms with E-state index < -0.39 is 0 Å². The summed E-state index contributed by atoms with van der Waals surface area (Å²) < 4.78 is 5.64. The molecule has 0 aliphatic carbocycles. The number of carbonyl (C=O) groups is 1. The summed E-state index contributed by atoms with van der Waals surface area (Å²) in [5, 5.41) is 0. The molecule has 22 heavy (non-hydrogen) atoms. The minimum Gasteiger partial charge on any atom is -0.366 e. The van der Waals surface area contributed by atoms with E-state index in [2.05, 4.69) is 42.2 Å². The Balaban J connectivity index is 1.64. The fourth-order valence-corrected chi connectivity index (χ4v) is 3.11. The van der Waals surface area contributed by atoms with Gasteiger partial charge in [-0.25, -0.2) is 0 Å². The molecule has 0 aromatic heterocycles. The van der Waals surface area contributed by atoms with Crippen LogP contribution in [-0.2, 0) is 9.53 Å². The van der Waals surface area contributed by atoms with Gasteiger partial charge in [-0.2, -0.15) is 0 Å². The molecule has 0 N–H and O–H groups in total. The zero-order valence-corrected chi connectivity index (χ0v) is 13.4. The van der Waals surface area contributed by atoms with Crippen molar-refractivity contribution in [3.05, 3.63) is 41.5 Å². The van der Waals surface area contributed by atoms with Crippen LogP contribution in [0.3, 0.4) is 0 Å². The van der Waals surface area contributed by atoms with Gasteiger partial charge in [0.05, 0.1) is 6.61 Å². The summed E-state index contributed by atoms with van der Waals surface area (Å²) in [4.78, 5) is 16.6. The fourth-order valence-electron chi connectivity index (χ4n) is 3.11. The van der Waals surface area contributed by atoms with Gasteiger partial charge >= 0.3 is 0 Å². The molecule has 1 atom stereocenters. The van der Waals surface area contributed by atoms with Gasteiger partial charge in [0.15, 0.2) is 0 Å². The molecule has 2 heterocycles. The van der Waals surface area contributed by atoms with E-state index in [0.29, 0.717) is 19.7 Å². The second-order valence-corrected chi connectivity index (χ2v) is 6.25. The number of benzene rings is 1. The summed E-state index contributed by atoms with van der Waals surface area (Å²) in [5.41, 5.74) is 3.89. The van der Waals surface area contributed by atoms with Gasteiger partial charge in [0.2, 0.25) is 0 Å². The Morgan fingerprint density at radius 1 is 1.32 bits per heavy atom. The van der Waals surface area contributed by atoms with Gasteiger partial charge in [-0.15, -0.1) is 0 Å². The lowest BCUT2D eigenvalue weighted by molar-refractivity contribution is -0.148. The number of morpholine rings is 1. The van der Waals surface area contributed by atoms with Crippen LogP contribution in [0.4, 0.5) is 0 Å². The molecule has 0 saturated carbocycles. The van der Waals surface area contributed by atoms with Crippen LogP contribution in [0, 0.1) is 6.92 Å². The van der Waals surface area contributed by atoms with E-state index in [-0.39, 0.29) is 12.0 Å². The molecule has 1 amide bonds. The molecule has 1 fully saturated rings. The number of amides is 1. The third-order valence-electron chi connectivity index (χ3n) is 4.45. The number of nitrogens with zero attached hydrogens (tertiary/aromatic N) is 2. The van der Waals surface area contributed by atoms with Crippen molar-refractivity contribution in [1.29, 1.82) is 0 Å². The van der Waals surface area contributed by atoms with Gasteiger partial charge in [0, 0.05) is 26.2 Å². The fraction of sp³-hybridized carbons (Fsp3) is 0.500. The molecule has 1 unspecified atom stereocenters. The van der Waals surface area contributed by atoms with E-state index in [1.807, 2.05) is 11.9 Å². The average molecular weight is 300 g/mol. The average Bonchev–Trinajstić information content (AvgIpc) is 2.54. The maximum atomic E-state index is 12.5. The van der Waals surface area contributed by atoms with Gasteiger partial charge < -0.3 is 14.5 Å². The van der Waals surface area contributed by atoms with Crippen molar-refractivity contribution in [2.24, 2.45) is 0 Å². The van der Waals surface area contributed by atoms with Crippen molar-refractivity contribution in [2.45, 2.75) is 19.4 Å². The first-order chi connectivity index (χ1) is 10.6. The maximum absolute atomic E-state index is 12.5. The molecule has 1 saturated heterocycles. The van der Waals surface area contributed by atoms with Gasteiger partial charge in [-0.1, -0.05) is 35.9 Å². The molecule has 1 aromatic rings. The molecule has 3 rings (SSSR count). The number of aryl methyl sites for hydroxylation is 1. The SMILES string of the molecule is Cc1cccc(C2=CCN(C(=O)C3CN(C)CCO3)CC2)c1. The van der Waals surface area contributed by atoms with Crippen LogP contribution >= 0.6 is 0 Å². The summed E-state index contributed by atoms with van der Waals surface area (Å²) in [6, 6.07) is 8.56. The number of hydrogen-bond donors (Lipinski definition) is 0. The topological polar surface area (TPSA) is 32.8 Å². The molecule has 2 aliphatic heterocycles. The Labute approximate surface area is 132 Å². The first kappa shape index (κ1) is 15.3. The van der Waals surface area contributed by atoms with E-state index in [4.69, 9.17) is 4.74 Å². The van der Waals surface area contributed by atoms with Gasteiger partial charge in [-0.05, 0) is 31.5 Å². The third kappa shape index (κ3) is 3.39. The van der Waals surface area contributed by atoms with Crippen LogP contribution in [0.25, 0.3) is 5.57 Å². The lowest BCUT2D eigenvalue weighted by atomic mass is 9.98. The van der Waals surface area contributed by atoms with E-state index in [0.717, 1.165) is 19.5 Å². The molecule has 4 heteroatoms. The number of ether oxygens (including phenoxy) is 1. The van der Waals surface area contributed by atoms with Crippen LogP contribution in [0.2, 0.25) is 0 Å². The number of carbonyl (C=O) groups excluding carboxylic acids is 1. The second kappa shape index (κ2) is 6.63. The molecule has 1 aromatic carbocycles. The van der Waals surface area contributed by atoms with E-state index >= 15 is 0 Å². The van der Waals surface area contributed by atoms with Crippen molar-refractivity contribution in [3.63, 3.8) is 0 Å². The standard InChI is InChI=1S/C18H24N2O2/c1-14-4-3-5-16(12-14)15-6-8-20(9-7-15)18(21)17-13-19(2)10-11-22-17/h3-6,12,17H,7-11,13H2,1-2H3. The molecular formula is C18H24N2O2. The Bertz CT molecular complexity index is 582. The Kier molecular flexibility index (Phi) is 4.60. The summed E-state index contributed by atoms with van der Waals surface area (Å²) in [6.45, 7) is 5.82. The predicted molar refractivity (Wildman–Crippen MR) is 87.6 cm³/mol. The molecule has 0 bridgehead atoms. The Morgan fingerprint density at radius 2 is 2.18 bits per heavy atom. The highest BCUT2D eigenvalue weighted by Gasteiger charge is 2.29. The minimum atomic E-state index is -0.298. The first-order valence-corrected chi connectivity index (χ1v) is 7.98. The lowest BCUT2D eigenvalue weighted by Gasteiger charge is -2.34. The zero-order valence-electron chi connectivity index (χ0n) is 13.4. The largest absolute Gasteiger partial charge is 0.366 e. The molecule has 2 aliphatic rings. The predicted octanol–water partition coefficient (Wildman–Crippen LogP) is 1.94.